The highest BCUT2D eigenvalue weighted by Gasteiger charge is 2.04. The summed E-state index contributed by atoms with van der Waals surface area (Å²) in [4.78, 5) is 20.0. The van der Waals surface area contributed by atoms with Crippen LogP contribution in [0.5, 0.6) is 11.5 Å². The molecular weight excluding hydrogens is 354 g/mol. The number of aliphatic imine (C=N–C) groups is 1. The van der Waals surface area contributed by atoms with Crippen LogP contribution in [0.25, 0.3) is 0 Å². The first-order valence-electron chi connectivity index (χ1n) is 8.79. The van der Waals surface area contributed by atoms with Crippen molar-refractivity contribution in [3.8, 4) is 11.5 Å². The van der Waals surface area contributed by atoms with Gasteiger partial charge < -0.3 is 21.1 Å². The maximum absolute atomic E-state index is 11.9. The second-order valence-corrected chi connectivity index (χ2v) is 5.83. The van der Waals surface area contributed by atoms with Crippen LogP contribution in [0.4, 0.5) is 5.69 Å². The van der Waals surface area contributed by atoms with Crippen molar-refractivity contribution in [1.82, 2.24) is 10.3 Å². The maximum atomic E-state index is 11.9. The molecule has 0 aliphatic heterocycles. The maximum Gasteiger partial charge on any atom is 0.252 e. The molecule has 1 heterocycles. The zero-order valence-corrected chi connectivity index (χ0v) is 15.2. The molecular formula is C21H21N5O2. The van der Waals surface area contributed by atoms with Crippen LogP contribution in [-0.4, -0.2) is 29.9 Å². The van der Waals surface area contributed by atoms with Crippen molar-refractivity contribution >= 4 is 17.6 Å². The fourth-order valence-electron chi connectivity index (χ4n) is 2.39. The highest BCUT2D eigenvalue weighted by Crippen LogP contribution is 2.23. The first-order chi connectivity index (χ1) is 13.7. The molecule has 1 aromatic heterocycles. The molecule has 0 spiro atoms. The Morgan fingerprint density at radius 3 is 2.64 bits per heavy atom. The van der Waals surface area contributed by atoms with Crippen molar-refractivity contribution in [3.05, 3.63) is 84.7 Å². The number of para-hydroxylation sites is 1. The number of pyridine rings is 1. The van der Waals surface area contributed by atoms with Gasteiger partial charge in [0.15, 0.2) is 5.96 Å². The number of carbonyl (C=O) groups excluding carboxylic acids is 1. The van der Waals surface area contributed by atoms with E-state index in [1.54, 1.807) is 18.3 Å². The van der Waals surface area contributed by atoms with Gasteiger partial charge >= 0.3 is 0 Å². The fraction of sp³-hybridized carbons (Fsp3) is 0.0952. The minimum Gasteiger partial charge on any atom is -0.457 e. The first kappa shape index (κ1) is 18.9. The predicted octanol–water partition coefficient (Wildman–Crippen LogP) is 3.03. The number of ether oxygens (including phenoxy) is 1. The van der Waals surface area contributed by atoms with E-state index in [-0.39, 0.29) is 11.9 Å². The van der Waals surface area contributed by atoms with Crippen molar-refractivity contribution in [2.24, 2.45) is 10.7 Å². The minimum atomic E-state index is -0.194. The lowest BCUT2D eigenvalue weighted by Gasteiger charge is -2.09. The normalized spacial score (nSPS) is 10.9. The molecule has 0 radical (unpaired) electrons. The van der Waals surface area contributed by atoms with Crippen LogP contribution in [0.2, 0.25) is 0 Å². The van der Waals surface area contributed by atoms with Crippen LogP contribution in [-0.2, 0) is 0 Å². The topological polar surface area (TPSA) is 102 Å². The minimum absolute atomic E-state index is 0.194. The van der Waals surface area contributed by atoms with Gasteiger partial charge in [-0.15, -0.1) is 0 Å². The third-order valence-corrected chi connectivity index (χ3v) is 3.69. The molecule has 4 N–H and O–H groups in total. The second kappa shape index (κ2) is 9.72. The van der Waals surface area contributed by atoms with Gasteiger partial charge in [-0.25, -0.2) is 0 Å². The van der Waals surface area contributed by atoms with Gasteiger partial charge in [-0.3, -0.25) is 14.8 Å². The fourth-order valence-corrected chi connectivity index (χ4v) is 2.39. The number of aromatic nitrogens is 1. The molecule has 0 unspecified atom stereocenters. The van der Waals surface area contributed by atoms with Crippen LogP contribution in [0.1, 0.15) is 10.4 Å². The highest BCUT2D eigenvalue weighted by molar-refractivity contribution is 5.94. The molecule has 3 rings (SSSR count). The first-order valence-corrected chi connectivity index (χ1v) is 8.79. The molecule has 3 aromatic rings. The molecule has 0 saturated carbocycles. The summed E-state index contributed by atoms with van der Waals surface area (Å²) in [6, 6.07) is 20.4. The SMILES string of the molecule is NC(=NCCNC(=O)c1cccnc1)Nc1cccc(Oc2ccccc2)c1. The number of anilines is 1. The van der Waals surface area contributed by atoms with Crippen molar-refractivity contribution in [2.45, 2.75) is 0 Å². The van der Waals surface area contributed by atoms with E-state index in [0.29, 0.717) is 24.4 Å². The summed E-state index contributed by atoms with van der Waals surface area (Å²) in [5.74, 6) is 1.51. The number of rotatable bonds is 7. The predicted molar refractivity (Wildman–Crippen MR) is 110 cm³/mol. The van der Waals surface area contributed by atoms with E-state index >= 15 is 0 Å². The molecule has 0 aliphatic carbocycles. The number of nitrogens with zero attached hydrogens (tertiary/aromatic N) is 2. The number of hydrogen-bond donors (Lipinski definition) is 3. The van der Waals surface area contributed by atoms with E-state index in [4.69, 9.17) is 10.5 Å². The molecule has 142 valence electrons. The van der Waals surface area contributed by atoms with Crippen LogP contribution in [0.15, 0.2) is 84.1 Å². The largest absolute Gasteiger partial charge is 0.457 e. The highest BCUT2D eigenvalue weighted by atomic mass is 16.5. The Kier molecular flexibility index (Phi) is 6.57. The van der Waals surface area contributed by atoms with Crippen molar-refractivity contribution in [3.63, 3.8) is 0 Å². The van der Waals surface area contributed by atoms with E-state index in [1.807, 2.05) is 54.6 Å². The Hall–Kier alpha value is -3.87. The average Bonchev–Trinajstić information content (AvgIpc) is 2.73. The van der Waals surface area contributed by atoms with Crippen LogP contribution >= 0.6 is 0 Å². The zero-order chi connectivity index (χ0) is 19.6. The van der Waals surface area contributed by atoms with E-state index in [9.17, 15) is 4.79 Å². The second-order valence-electron chi connectivity index (χ2n) is 5.83. The monoisotopic (exact) mass is 375 g/mol. The summed E-state index contributed by atoms with van der Waals surface area (Å²) in [5.41, 5.74) is 7.18. The summed E-state index contributed by atoms with van der Waals surface area (Å²) in [5, 5.41) is 5.78. The molecule has 7 heteroatoms. The van der Waals surface area contributed by atoms with Gasteiger partial charge in [0.1, 0.15) is 11.5 Å². The Morgan fingerprint density at radius 2 is 1.86 bits per heavy atom. The van der Waals surface area contributed by atoms with Crippen LogP contribution in [0.3, 0.4) is 0 Å². The number of hydrogen-bond acceptors (Lipinski definition) is 4. The number of carbonyl (C=O) groups is 1. The average molecular weight is 375 g/mol. The van der Waals surface area contributed by atoms with Crippen molar-refractivity contribution in [1.29, 1.82) is 0 Å². The molecule has 7 nitrogen and oxygen atoms in total. The number of nitrogens with one attached hydrogen (secondary N) is 2. The summed E-state index contributed by atoms with van der Waals surface area (Å²) < 4.78 is 5.79. The molecule has 1 amide bonds. The van der Waals surface area contributed by atoms with Gasteiger partial charge in [-0.2, -0.15) is 0 Å². The molecule has 0 bridgehead atoms. The van der Waals surface area contributed by atoms with E-state index in [0.717, 1.165) is 11.4 Å². The lowest BCUT2D eigenvalue weighted by molar-refractivity contribution is 0.0954. The Morgan fingerprint density at radius 1 is 1.04 bits per heavy atom. The standard InChI is InChI=1S/C21H21N5O2/c22-21(25-13-12-24-20(27)16-6-5-11-23-15-16)26-17-7-4-10-19(14-17)28-18-8-2-1-3-9-18/h1-11,14-15H,12-13H2,(H,24,27)(H3,22,25,26). The van der Waals surface area contributed by atoms with E-state index in [2.05, 4.69) is 20.6 Å². The smallest absolute Gasteiger partial charge is 0.252 e. The lowest BCUT2D eigenvalue weighted by Crippen LogP contribution is -2.28. The molecule has 0 saturated heterocycles. The van der Waals surface area contributed by atoms with Gasteiger partial charge in [-0.1, -0.05) is 24.3 Å². The molecule has 2 aromatic carbocycles. The van der Waals surface area contributed by atoms with Crippen molar-refractivity contribution < 1.29 is 9.53 Å². The lowest BCUT2D eigenvalue weighted by atomic mass is 10.3. The third-order valence-electron chi connectivity index (χ3n) is 3.69. The van der Waals surface area contributed by atoms with Gasteiger partial charge in [0.05, 0.1) is 12.1 Å². The van der Waals surface area contributed by atoms with Gasteiger partial charge in [0, 0.05) is 30.7 Å². The summed E-state index contributed by atoms with van der Waals surface area (Å²) in [7, 11) is 0. The van der Waals surface area contributed by atoms with Gasteiger partial charge in [0.2, 0.25) is 0 Å². The third kappa shape index (κ3) is 5.84. The number of amides is 1. The number of benzene rings is 2. The molecule has 0 aliphatic rings. The summed E-state index contributed by atoms with van der Waals surface area (Å²) in [6.07, 6.45) is 3.13. The number of nitrogens with two attached hydrogens (primary N) is 1. The Balaban J connectivity index is 1.48. The Bertz CT molecular complexity index is 930. The van der Waals surface area contributed by atoms with Gasteiger partial charge in [0.25, 0.3) is 5.91 Å². The van der Waals surface area contributed by atoms with Gasteiger partial charge in [-0.05, 0) is 36.4 Å². The van der Waals surface area contributed by atoms with E-state index in [1.165, 1.54) is 6.20 Å². The Labute approximate surface area is 163 Å². The number of guanidine groups is 1. The summed E-state index contributed by atoms with van der Waals surface area (Å²) >= 11 is 0. The van der Waals surface area contributed by atoms with E-state index < -0.39 is 0 Å². The summed E-state index contributed by atoms with van der Waals surface area (Å²) in [6.45, 7) is 0.721. The van der Waals surface area contributed by atoms with Crippen LogP contribution in [0, 0.1) is 0 Å². The zero-order valence-electron chi connectivity index (χ0n) is 15.2. The van der Waals surface area contributed by atoms with Crippen LogP contribution < -0.4 is 21.1 Å². The molecule has 0 fully saturated rings. The van der Waals surface area contributed by atoms with Crippen molar-refractivity contribution in [2.75, 3.05) is 18.4 Å². The molecule has 28 heavy (non-hydrogen) atoms. The molecule has 0 atom stereocenters. The quantitative estimate of drug-likeness (QED) is 0.335.